The molecular weight excluding hydrogens is 242 g/mol. The van der Waals surface area contributed by atoms with E-state index >= 15 is 0 Å². The van der Waals surface area contributed by atoms with Crippen molar-refractivity contribution in [3.8, 4) is 0 Å². The van der Waals surface area contributed by atoms with Gasteiger partial charge in [-0.05, 0) is 17.5 Å². The summed E-state index contributed by atoms with van der Waals surface area (Å²) in [6, 6.07) is 4.36. The predicted molar refractivity (Wildman–Crippen MR) is 80.8 cm³/mol. The molecule has 0 radical (unpaired) electrons. The van der Waals surface area contributed by atoms with Gasteiger partial charge in [0.1, 0.15) is 5.82 Å². The first-order chi connectivity index (χ1) is 8.70. The molecule has 0 unspecified atom stereocenters. The van der Waals surface area contributed by atoms with E-state index in [1.807, 2.05) is 6.20 Å². The fourth-order valence-corrected chi connectivity index (χ4v) is 2.55. The van der Waals surface area contributed by atoms with E-state index in [2.05, 4.69) is 53.4 Å². The number of rotatable bonds is 4. The number of thiol groups is 1. The Morgan fingerprint density at radius 3 is 2.44 bits per heavy atom. The van der Waals surface area contributed by atoms with E-state index in [1.54, 1.807) is 0 Å². The smallest absolute Gasteiger partial charge is 0.128 e. The van der Waals surface area contributed by atoms with Gasteiger partial charge in [-0.2, -0.15) is 12.6 Å². The van der Waals surface area contributed by atoms with E-state index in [9.17, 15) is 0 Å². The summed E-state index contributed by atoms with van der Waals surface area (Å²) >= 11 is 4.29. The quantitative estimate of drug-likeness (QED) is 0.843. The number of hydrogen-bond acceptors (Lipinski definition) is 4. The van der Waals surface area contributed by atoms with Gasteiger partial charge in [0.25, 0.3) is 0 Å². The molecule has 1 aliphatic heterocycles. The summed E-state index contributed by atoms with van der Waals surface area (Å²) in [5.41, 5.74) is 1.31. The number of aromatic nitrogens is 1. The van der Waals surface area contributed by atoms with Crippen LogP contribution in [0.2, 0.25) is 0 Å². The zero-order valence-corrected chi connectivity index (χ0v) is 12.2. The van der Waals surface area contributed by atoms with E-state index in [4.69, 9.17) is 0 Å². The van der Waals surface area contributed by atoms with Crippen molar-refractivity contribution in [2.24, 2.45) is 0 Å². The summed E-state index contributed by atoms with van der Waals surface area (Å²) in [6.07, 6.45) is 2.01. The van der Waals surface area contributed by atoms with Gasteiger partial charge in [0.2, 0.25) is 0 Å². The molecule has 18 heavy (non-hydrogen) atoms. The SMILES string of the molecule is CC(C)c1ccc(N2CCN(CCS)CC2)nc1. The van der Waals surface area contributed by atoms with Crippen molar-refractivity contribution in [2.45, 2.75) is 19.8 Å². The van der Waals surface area contributed by atoms with E-state index in [-0.39, 0.29) is 0 Å². The lowest BCUT2D eigenvalue weighted by Crippen LogP contribution is -2.47. The van der Waals surface area contributed by atoms with Crippen LogP contribution in [0.25, 0.3) is 0 Å². The predicted octanol–water partition coefficient (Wildman–Crippen LogP) is 2.26. The van der Waals surface area contributed by atoms with Crippen LogP contribution < -0.4 is 4.90 Å². The highest BCUT2D eigenvalue weighted by molar-refractivity contribution is 7.80. The third-order valence-corrected chi connectivity index (χ3v) is 3.75. The van der Waals surface area contributed by atoms with Gasteiger partial charge in [0, 0.05) is 44.7 Å². The Bertz CT molecular complexity index is 356. The summed E-state index contributed by atoms with van der Waals surface area (Å²) in [5, 5.41) is 0. The number of pyridine rings is 1. The highest BCUT2D eigenvalue weighted by atomic mass is 32.1. The Hall–Kier alpha value is -0.740. The minimum atomic E-state index is 0.554. The molecule has 0 aliphatic carbocycles. The second-order valence-corrected chi connectivity index (χ2v) is 5.60. The van der Waals surface area contributed by atoms with Crippen molar-refractivity contribution in [3.05, 3.63) is 23.9 Å². The first-order valence-electron chi connectivity index (χ1n) is 6.75. The first-order valence-corrected chi connectivity index (χ1v) is 7.38. The molecule has 0 saturated carbocycles. The lowest BCUT2D eigenvalue weighted by atomic mass is 10.1. The van der Waals surface area contributed by atoms with E-state index < -0.39 is 0 Å². The van der Waals surface area contributed by atoms with Crippen LogP contribution in [0.15, 0.2) is 18.3 Å². The summed E-state index contributed by atoms with van der Waals surface area (Å²) in [4.78, 5) is 9.43. The highest BCUT2D eigenvalue weighted by Crippen LogP contribution is 2.18. The molecule has 100 valence electrons. The second-order valence-electron chi connectivity index (χ2n) is 5.16. The summed E-state index contributed by atoms with van der Waals surface area (Å²) < 4.78 is 0. The molecule has 2 heterocycles. The Morgan fingerprint density at radius 1 is 1.22 bits per heavy atom. The van der Waals surface area contributed by atoms with Gasteiger partial charge in [0.15, 0.2) is 0 Å². The molecule has 3 nitrogen and oxygen atoms in total. The van der Waals surface area contributed by atoms with Crippen molar-refractivity contribution in [1.82, 2.24) is 9.88 Å². The molecule has 0 amide bonds. The molecule has 0 aromatic carbocycles. The molecule has 0 spiro atoms. The minimum absolute atomic E-state index is 0.554. The minimum Gasteiger partial charge on any atom is -0.354 e. The number of anilines is 1. The third-order valence-electron chi connectivity index (χ3n) is 3.55. The number of nitrogens with zero attached hydrogens (tertiary/aromatic N) is 3. The highest BCUT2D eigenvalue weighted by Gasteiger charge is 2.17. The van der Waals surface area contributed by atoms with Gasteiger partial charge >= 0.3 is 0 Å². The molecule has 1 saturated heterocycles. The lowest BCUT2D eigenvalue weighted by molar-refractivity contribution is 0.273. The molecule has 1 aliphatic rings. The Morgan fingerprint density at radius 2 is 1.94 bits per heavy atom. The monoisotopic (exact) mass is 265 g/mol. The normalized spacial score (nSPS) is 17.4. The molecule has 4 heteroatoms. The van der Waals surface area contributed by atoms with Crippen LogP contribution in [0.1, 0.15) is 25.3 Å². The van der Waals surface area contributed by atoms with E-state index in [0.717, 1.165) is 44.3 Å². The van der Waals surface area contributed by atoms with E-state index in [0.29, 0.717) is 5.92 Å². The maximum Gasteiger partial charge on any atom is 0.128 e. The van der Waals surface area contributed by atoms with Crippen LogP contribution in [-0.4, -0.2) is 48.4 Å². The standard InChI is InChI=1S/C14H23N3S/c1-12(2)13-3-4-14(15-11-13)17-7-5-16(6-8-17)9-10-18/h3-4,11-12,18H,5-10H2,1-2H3. The maximum absolute atomic E-state index is 4.59. The van der Waals surface area contributed by atoms with Crippen LogP contribution in [0.5, 0.6) is 0 Å². The average molecular weight is 265 g/mol. The Kier molecular flexibility index (Phi) is 4.89. The molecular formula is C14H23N3S. The fourth-order valence-electron chi connectivity index (χ4n) is 2.27. The summed E-state index contributed by atoms with van der Waals surface area (Å²) in [7, 11) is 0. The van der Waals surface area contributed by atoms with Crippen molar-refractivity contribution in [2.75, 3.05) is 43.4 Å². The van der Waals surface area contributed by atoms with Gasteiger partial charge in [-0.1, -0.05) is 19.9 Å². The Labute approximate surface area is 116 Å². The molecule has 1 fully saturated rings. The zero-order chi connectivity index (χ0) is 13.0. The third kappa shape index (κ3) is 3.39. The Balaban J connectivity index is 1.93. The van der Waals surface area contributed by atoms with Crippen LogP contribution >= 0.6 is 12.6 Å². The van der Waals surface area contributed by atoms with Crippen molar-refractivity contribution in [1.29, 1.82) is 0 Å². The first kappa shape index (κ1) is 13.7. The lowest BCUT2D eigenvalue weighted by Gasteiger charge is -2.35. The molecule has 0 atom stereocenters. The summed E-state index contributed by atoms with van der Waals surface area (Å²) in [5.74, 6) is 2.62. The average Bonchev–Trinajstić information content (AvgIpc) is 2.40. The van der Waals surface area contributed by atoms with Crippen LogP contribution in [-0.2, 0) is 0 Å². The van der Waals surface area contributed by atoms with Gasteiger partial charge < -0.3 is 4.90 Å². The van der Waals surface area contributed by atoms with Gasteiger partial charge in [0.05, 0.1) is 0 Å². The number of piperazine rings is 1. The molecule has 0 bridgehead atoms. The molecule has 2 rings (SSSR count). The van der Waals surface area contributed by atoms with Crippen molar-refractivity contribution in [3.63, 3.8) is 0 Å². The zero-order valence-electron chi connectivity index (χ0n) is 11.3. The maximum atomic E-state index is 4.59. The van der Waals surface area contributed by atoms with Crippen LogP contribution in [0.3, 0.4) is 0 Å². The van der Waals surface area contributed by atoms with Gasteiger partial charge in [-0.15, -0.1) is 0 Å². The largest absolute Gasteiger partial charge is 0.354 e. The summed E-state index contributed by atoms with van der Waals surface area (Å²) in [6.45, 7) is 9.88. The van der Waals surface area contributed by atoms with Crippen LogP contribution in [0.4, 0.5) is 5.82 Å². The van der Waals surface area contributed by atoms with Gasteiger partial charge in [-0.25, -0.2) is 4.98 Å². The van der Waals surface area contributed by atoms with E-state index in [1.165, 1.54) is 5.56 Å². The molecule has 1 aromatic heterocycles. The molecule has 0 N–H and O–H groups in total. The topological polar surface area (TPSA) is 19.4 Å². The van der Waals surface area contributed by atoms with Crippen molar-refractivity contribution < 1.29 is 0 Å². The number of hydrogen-bond donors (Lipinski definition) is 1. The van der Waals surface area contributed by atoms with Gasteiger partial charge in [-0.3, -0.25) is 4.90 Å². The second kappa shape index (κ2) is 6.43. The van der Waals surface area contributed by atoms with Crippen molar-refractivity contribution >= 4 is 18.4 Å². The fraction of sp³-hybridized carbons (Fsp3) is 0.643. The van der Waals surface area contributed by atoms with Crippen LogP contribution in [0, 0.1) is 0 Å². The molecule has 1 aromatic rings.